The molecule has 4 rings (SSSR count). The number of hydrogen-bond acceptors (Lipinski definition) is 3. The van der Waals surface area contributed by atoms with Crippen molar-refractivity contribution in [2.24, 2.45) is 11.8 Å². The summed E-state index contributed by atoms with van der Waals surface area (Å²) in [6, 6.07) is 16.9. The zero-order valence-electron chi connectivity index (χ0n) is 17.6. The van der Waals surface area contributed by atoms with Crippen LogP contribution >= 0.6 is 24.8 Å². The van der Waals surface area contributed by atoms with Crippen LogP contribution in [0.5, 0.6) is 0 Å². The summed E-state index contributed by atoms with van der Waals surface area (Å²) in [4.78, 5) is 15.1. The molecular formula is C24H33Cl2N3O. The minimum atomic E-state index is 0. The number of nitrogens with one attached hydrogen (secondary N) is 2. The first-order chi connectivity index (χ1) is 13.7. The maximum Gasteiger partial charge on any atom is 0.224 e. The number of amides is 1. The van der Waals surface area contributed by atoms with Crippen LogP contribution in [-0.4, -0.2) is 25.5 Å². The van der Waals surface area contributed by atoms with E-state index in [-0.39, 0.29) is 30.7 Å². The van der Waals surface area contributed by atoms with Gasteiger partial charge in [0.15, 0.2) is 0 Å². The fourth-order valence-corrected chi connectivity index (χ4v) is 4.63. The van der Waals surface area contributed by atoms with Gasteiger partial charge in [0, 0.05) is 30.9 Å². The van der Waals surface area contributed by atoms with E-state index in [0.717, 1.165) is 38.3 Å². The number of benzene rings is 2. The number of piperidine rings is 1. The van der Waals surface area contributed by atoms with Crippen LogP contribution in [0.4, 0.5) is 11.4 Å². The highest BCUT2D eigenvalue weighted by Gasteiger charge is 2.23. The molecule has 2 heterocycles. The summed E-state index contributed by atoms with van der Waals surface area (Å²) in [7, 11) is 0. The molecule has 1 unspecified atom stereocenters. The van der Waals surface area contributed by atoms with Gasteiger partial charge in [-0.3, -0.25) is 4.79 Å². The van der Waals surface area contributed by atoms with Crippen LogP contribution < -0.4 is 15.5 Å². The average molecular weight is 450 g/mol. The standard InChI is InChI=1S/C24H31N3O.2ClH/c1-18(19-10-13-25-14-11-19)16-24(28)26-22-8-4-2-7-21(22)17-27-15-12-20-6-3-5-9-23(20)27;;/h2-9,18-19,25H,10-17H2,1H3,(H,26,28);2*1H. The van der Waals surface area contributed by atoms with Gasteiger partial charge in [-0.15, -0.1) is 24.8 Å². The molecule has 6 heteroatoms. The lowest BCUT2D eigenvalue weighted by Gasteiger charge is -2.28. The van der Waals surface area contributed by atoms with E-state index in [1.165, 1.54) is 29.7 Å². The van der Waals surface area contributed by atoms with E-state index in [9.17, 15) is 4.79 Å². The first kappa shape index (κ1) is 24.5. The Balaban J connectivity index is 0.00000160. The summed E-state index contributed by atoms with van der Waals surface area (Å²) in [6.45, 7) is 6.25. The molecule has 1 atom stereocenters. The Morgan fingerprint density at radius 3 is 2.60 bits per heavy atom. The van der Waals surface area contributed by atoms with Crippen LogP contribution in [0.3, 0.4) is 0 Å². The highest BCUT2D eigenvalue weighted by molar-refractivity contribution is 5.91. The first-order valence-electron chi connectivity index (χ1n) is 10.6. The molecular weight excluding hydrogens is 417 g/mol. The number of para-hydroxylation sites is 2. The SMILES string of the molecule is CC(CC(=O)Nc1ccccc1CN1CCc2ccccc21)C1CCNCC1.Cl.Cl. The Morgan fingerprint density at radius 1 is 1.10 bits per heavy atom. The molecule has 164 valence electrons. The second kappa shape index (κ2) is 11.6. The summed E-state index contributed by atoms with van der Waals surface area (Å²) in [5.74, 6) is 1.23. The molecule has 0 bridgehead atoms. The minimum Gasteiger partial charge on any atom is -0.367 e. The smallest absolute Gasteiger partial charge is 0.224 e. The van der Waals surface area contributed by atoms with E-state index in [2.05, 4.69) is 58.9 Å². The van der Waals surface area contributed by atoms with Crippen molar-refractivity contribution in [3.63, 3.8) is 0 Å². The molecule has 0 aromatic heterocycles. The highest BCUT2D eigenvalue weighted by atomic mass is 35.5. The van der Waals surface area contributed by atoms with Crippen LogP contribution in [0.15, 0.2) is 48.5 Å². The van der Waals surface area contributed by atoms with Crippen LogP contribution in [-0.2, 0) is 17.8 Å². The van der Waals surface area contributed by atoms with Crippen molar-refractivity contribution in [3.05, 3.63) is 59.7 Å². The molecule has 2 aromatic carbocycles. The van der Waals surface area contributed by atoms with Crippen molar-refractivity contribution in [2.75, 3.05) is 29.9 Å². The average Bonchev–Trinajstić information content (AvgIpc) is 3.13. The van der Waals surface area contributed by atoms with E-state index >= 15 is 0 Å². The molecule has 1 amide bonds. The van der Waals surface area contributed by atoms with Gasteiger partial charge in [-0.1, -0.05) is 43.3 Å². The summed E-state index contributed by atoms with van der Waals surface area (Å²) < 4.78 is 0. The number of fused-ring (bicyclic) bond motifs is 1. The molecule has 2 aromatic rings. The quantitative estimate of drug-likeness (QED) is 0.647. The zero-order chi connectivity index (χ0) is 19.3. The van der Waals surface area contributed by atoms with E-state index < -0.39 is 0 Å². The number of rotatable bonds is 6. The normalized spacial score (nSPS) is 16.8. The summed E-state index contributed by atoms with van der Waals surface area (Å²) in [6.07, 6.45) is 4.06. The van der Waals surface area contributed by atoms with Gasteiger partial charge in [-0.2, -0.15) is 0 Å². The topological polar surface area (TPSA) is 44.4 Å². The predicted molar refractivity (Wildman–Crippen MR) is 130 cm³/mol. The molecule has 1 saturated heterocycles. The van der Waals surface area contributed by atoms with Crippen LogP contribution in [0, 0.1) is 11.8 Å². The lowest BCUT2D eigenvalue weighted by Crippen LogP contribution is -2.32. The summed E-state index contributed by atoms with van der Waals surface area (Å²) in [5.41, 5.74) is 4.87. The molecule has 1 fully saturated rings. The van der Waals surface area contributed by atoms with Gasteiger partial charge in [-0.25, -0.2) is 0 Å². The number of anilines is 2. The summed E-state index contributed by atoms with van der Waals surface area (Å²) >= 11 is 0. The van der Waals surface area contributed by atoms with Crippen LogP contribution in [0.2, 0.25) is 0 Å². The van der Waals surface area contributed by atoms with Crippen LogP contribution in [0.1, 0.15) is 37.3 Å². The molecule has 2 aliphatic rings. The fraction of sp³-hybridized carbons (Fsp3) is 0.458. The van der Waals surface area contributed by atoms with Crippen molar-refractivity contribution in [1.29, 1.82) is 0 Å². The van der Waals surface area contributed by atoms with Gasteiger partial charge in [0.05, 0.1) is 0 Å². The molecule has 0 aliphatic carbocycles. The van der Waals surface area contributed by atoms with Gasteiger partial charge in [-0.05, 0) is 67.4 Å². The van der Waals surface area contributed by atoms with Crippen molar-refractivity contribution in [3.8, 4) is 0 Å². The monoisotopic (exact) mass is 449 g/mol. The predicted octanol–water partition coefficient (Wildman–Crippen LogP) is 5.06. The number of halogens is 2. The van der Waals surface area contributed by atoms with Crippen molar-refractivity contribution < 1.29 is 4.79 Å². The van der Waals surface area contributed by atoms with E-state index in [1.807, 2.05) is 12.1 Å². The highest BCUT2D eigenvalue weighted by Crippen LogP contribution is 2.30. The summed E-state index contributed by atoms with van der Waals surface area (Å²) in [5, 5.41) is 6.60. The third-order valence-electron chi connectivity index (χ3n) is 6.33. The molecule has 2 aliphatic heterocycles. The molecule has 0 saturated carbocycles. The fourth-order valence-electron chi connectivity index (χ4n) is 4.63. The second-order valence-corrected chi connectivity index (χ2v) is 8.27. The third kappa shape index (κ3) is 5.90. The Hall–Kier alpha value is -1.75. The lowest BCUT2D eigenvalue weighted by molar-refractivity contribution is -0.117. The van der Waals surface area contributed by atoms with E-state index in [1.54, 1.807) is 0 Å². The Bertz CT molecular complexity index is 824. The van der Waals surface area contributed by atoms with E-state index in [4.69, 9.17) is 0 Å². The number of nitrogens with zero attached hydrogens (tertiary/aromatic N) is 1. The Morgan fingerprint density at radius 2 is 1.80 bits per heavy atom. The van der Waals surface area contributed by atoms with Crippen LogP contribution in [0.25, 0.3) is 0 Å². The van der Waals surface area contributed by atoms with Gasteiger partial charge in [0.1, 0.15) is 0 Å². The van der Waals surface area contributed by atoms with Gasteiger partial charge < -0.3 is 15.5 Å². The largest absolute Gasteiger partial charge is 0.367 e. The molecule has 4 nitrogen and oxygen atoms in total. The van der Waals surface area contributed by atoms with Crippen molar-refractivity contribution in [2.45, 2.75) is 39.2 Å². The molecule has 30 heavy (non-hydrogen) atoms. The van der Waals surface area contributed by atoms with Gasteiger partial charge in [0.2, 0.25) is 5.91 Å². The molecule has 2 N–H and O–H groups in total. The lowest BCUT2D eigenvalue weighted by atomic mass is 9.84. The minimum absolute atomic E-state index is 0. The number of carbonyl (C=O) groups is 1. The Labute approximate surface area is 192 Å². The van der Waals surface area contributed by atoms with Gasteiger partial charge >= 0.3 is 0 Å². The second-order valence-electron chi connectivity index (χ2n) is 8.27. The third-order valence-corrected chi connectivity index (χ3v) is 6.33. The van der Waals surface area contributed by atoms with E-state index in [0.29, 0.717) is 18.3 Å². The molecule has 0 spiro atoms. The van der Waals surface area contributed by atoms with Crippen molar-refractivity contribution in [1.82, 2.24) is 5.32 Å². The van der Waals surface area contributed by atoms with Gasteiger partial charge in [0.25, 0.3) is 0 Å². The number of carbonyl (C=O) groups excluding carboxylic acids is 1. The first-order valence-corrected chi connectivity index (χ1v) is 10.6. The Kier molecular flexibility index (Phi) is 9.47. The van der Waals surface area contributed by atoms with Crippen molar-refractivity contribution >= 4 is 42.1 Å². The number of hydrogen-bond donors (Lipinski definition) is 2. The zero-order valence-corrected chi connectivity index (χ0v) is 19.2. The maximum atomic E-state index is 12.7. The molecule has 0 radical (unpaired) electrons. The maximum absolute atomic E-state index is 12.7.